The van der Waals surface area contributed by atoms with Crippen LogP contribution in [0.3, 0.4) is 0 Å². The summed E-state index contributed by atoms with van der Waals surface area (Å²) < 4.78 is 45.3. The second-order valence-corrected chi connectivity index (χ2v) is 10.5. The number of ether oxygens (including phenoxy) is 1. The first-order chi connectivity index (χ1) is 15.8. The number of sulfonamides is 1. The van der Waals surface area contributed by atoms with E-state index >= 15 is 0 Å². The van der Waals surface area contributed by atoms with Gasteiger partial charge in [-0.3, -0.25) is 20.4 Å². The number of hydrogen-bond donors (Lipinski definition) is 2. The van der Waals surface area contributed by atoms with Gasteiger partial charge in [-0.25, -0.2) is 17.8 Å². The highest BCUT2D eigenvalue weighted by Crippen LogP contribution is 2.24. The van der Waals surface area contributed by atoms with E-state index < -0.39 is 33.6 Å². The molecule has 4 rings (SSSR count). The lowest BCUT2D eigenvalue weighted by atomic mass is 9.99. The first-order valence-corrected chi connectivity index (χ1v) is 12.8. The van der Waals surface area contributed by atoms with E-state index in [4.69, 9.17) is 4.74 Å². The average Bonchev–Trinajstić information content (AvgIpc) is 3.34. The Morgan fingerprint density at radius 1 is 1.12 bits per heavy atom. The predicted molar refractivity (Wildman–Crippen MR) is 119 cm³/mol. The number of carbonyl (C=O) groups excluding carboxylic acids is 2. The van der Waals surface area contributed by atoms with E-state index in [1.54, 1.807) is 5.38 Å². The molecule has 0 saturated carbocycles. The van der Waals surface area contributed by atoms with E-state index in [1.165, 1.54) is 27.8 Å². The van der Waals surface area contributed by atoms with Crippen LogP contribution in [0.4, 0.5) is 9.52 Å². The molecule has 1 aromatic heterocycles. The van der Waals surface area contributed by atoms with E-state index in [9.17, 15) is 22.4 Å². The second kappa shape index (κ2) is 10.1. The third kappa shape index (κ3) is 5.49. The van der Waals surface area contributed by atoms with Crippen LogP contribution in [0.1, 0.15) is 23.3 Å². The largest absolute Gasteiger partial charge is 0.378 e. The quantitative estimate of drug-likeness (QED) is 0.591. The Kier molecular flexibility index (Phi) is 7.22. The van der Waals surface area contributed by atoms with Crippen molar-refractivity contribution in [2.75, 3.05) is 44.3 Å². The van der Waals surface area contributed by atoms with Crippen molar-refractivity contribution in [2.24, 2.45) is 5.92 Å². The fourth-order valence-corrected chi connectivity index (χ4v) is 6.07. The number of hydrazine groups is 1. The molecule has 10 nitrogen and oxygen atoms in total. The molecule has 3 heterocycles. The Morgan fingerprint density at radius 3 is 2.58 bits per heavy atom. The van der Waals surface area contributed by atoms with Crippen LogP contribution in [-0.4, -0.2) is 68.9 Å². The summed E-state index contributed by atoms with van der Waals surface area (Å²) in [5, 5.41) is 2.33. The number of nitrogens with one attached hydrogen (secondary N) is 2. The average molecular weight is 498 g/mol. The number of nitrogens with zero attached hydrogens (tertiary/aromatic N) is 3. The standard InChI is InChI=1S/C20H24FN5O5S2/c21-15-3-5-16(6-4-15)33(29,30)26-7-1-2-14(12-26)18(27)23-24-19(28)17-13-32-20(22-17)25-8-10-31-11-9-25/h3-6,13-14H,1-2,7-12H2,(H,23,27)(H,24,28). The van der Waals surface area contributed by atoms with E-state index in [2.05, 4.69) is 15.8 Å². The summed E-state index contributed by atoms with van der Waals surface area (Å²) in [4.78, 5) is 31.3. The van der Waals surface area contributed by atoms with Gasteiger partial charge in [0.25, 0.3) is 5.91 Å². The highest BCUT2D eigenvalue weighted by Gasteiger charge is 2.33. The number of halogens is 1. The van der Waals surface area contributed by atoms with Crippen LogP contribution in [0.5, 0.6) is 0 Å². The highest BCUT2D eigenvalue weighted by atomic mass is 32.2. The summed E-state index contributed by atoms with van der Waals surface area (Å²) in [6, 6.07) is 4.57. The maximum Gasteiger partial charge on any atom is 0.289 e. The fourth-order valence-electron chi connectivity index (χ4n) is 3.68. The summed E-state index contributed by atoms with van der Waals surface area (Å²) in [5.41, 5.74) is 4.92. The molecule has 2 aromatic rings. The molecule has 33 heavy (non-hydrogen) atoms. The second-order valence-electron chi connectivity index (χ2n) is 7.71. The van der Waals surface area contributed by atoms with Gasteiger partial charge in [0.1, 0.15) is 11.5 Å². The molecular formula is C20H24FN5O5S2. The van der Waals surface area contributed by atoms with Gasteiger partial charge in [-0.15, -0.1) is 11.3 Å². The third-order valence-corrected chi connectivity index (χ3v) is 8.29. The Balaban J connectivity index is 1.32. The van der Waals surface area contributed by atoms with Crippen LogP contribution >= 0.6 is 11.3 Å². The van der Waals surface area contributed by atoms with Crippen LogP contribution in [0.2, 0.25) is 0 Å². The maximum absolute atomic E-state index is 13.1. The predicted octanol–water partition coefficient (Wildman–Crippen LogP) is 0.981. The molecule has 2 amide bonds. The van der Waals surface area contributed by atoms with Gasteiger partial charge in [0, 0.05) is 31.6 Å². The summed E-state index contributed by atoms with van der Waals surface area (Å²) in [7, 11) is -3.85. The van der Waals surface area contributed by atoms with Gasteiger partial charge in [-0.2, -0.15) is 4.31 Å². The van der Waals surface area contributed by atoms with Crippen molar-refractivity contribution in [3.63, 3.8) is 0 Å². The van der Waals surface area contributed by atoms with Gasteiger partial charge >= 0.3 is 0 Å². The number of piperidine rings is 1. The Labute approximate surface area is 194 Å². The molecule has 2 fully saturated rings. The number of aromatic nitrogens is 1. The third-order valence-electron chi connectivity index (χ3n) is 5.51. The normalized spacial score (nSPS) is 19.8. The van der Waals surface area contributed by atoms with Gasteiger partial charge in [0.2, 0.25) is 15.9 Å². The smallest absolute Gasteiger partial charge is 0.289 e. The van der Waals surface area contributed by atoms with E-state index in [0.29, 0.717) is 44.3 Å². The molecule has 2 N–H and O–H groups in total. The number of benzene rings is 1. The van der Waals surface area contributed by atoms with Crippen molar-refractivity contribution in [3.05, 3.63) is 41.2 Å². The van der Waals surface area contributed by atoms with E-state index in [1.807, 2.05) is 4.90 Å². The molecular weight excluding hydrogens is 473 g/mol. The van der Waals surface area contributed by atoms with Gasteiger partial charge in [0.05, 0.1) is 24.0 Å². The van der Waals surface area contributed by atoms with Crippen molar-refractivity contribution >= 4 is 38.3 Å². The first kappa shape index (κ1) is 23.5. The zero-order valence-corrected chi connectivity index (χ0v) is 19.3. The Morgan fingerprint density at radius 2 is 1.85 bits per heavy atom. The molecule has 0 spiro atoms. The Hall–Kier alpha value is -2.61. The Bertz CT molecular complexity index is 1100. The minimum atomic E-state index is -3.85. The van der Waals surface area contributed by atoms with Crippen molar-refractivity contribution in [1.82, 2.24) is 20.1 Å². The molecule has 13 heteroatoms. The SMILES string of the molecule is O=C(NNC(=O)C1CCCN(S(=O)(=O)c2ccc(F)cc2)C1)c1csc(N2CCOCC2)n1. The minimum absolute atomic E-state index is 0.0285. The lowest BCUT2D eigenvalue weighted by Gasteiger charge is -2.31. The van der Waals surface area contributed by atoms with Crippen LogP contribution in [0, 0.1) is 11.7 Å². The van der Waals surface area contributed by atoms with E-state index in [0.717, 1.165) is 12.1 Å². The molecule has 2 saturated heterocycles. The molecule has 1 atom stereocenters. The highest BCUT2D eigenvalue weighted by molar-refractivity contribution is 7.89. The summed E-state index contributed by atoms with van der Waals surface area (Å²) in [5.74, 6) is -2.19. The van der Waals surface area contributed by atoms with Gasteiger partial charge < -0.3 is 9.64 Å². The molecule has 2 aliphatic rings. The van der Waals surface area contributed by atoms with Crippen LogP contribution in [0.15, 0.2) is 34.5 Å². The number of hydrogen-bond acceptors (Lipinski definition) is 8. The lowest BCUT2D eigenvalue weighted by molar-refractivity contribution is -0.126. The first-order valence-electron chi connectivity index (χ1n) is 10.5. The number of thiazole rings is 1. The van der Waals surface area contributed by atoms with Crippen molar-refractivity contribution in [3.8, 4) is 0 Å². The van der Waals surface area contributed by atoms with Crippen LogP contribution in [0.25, 0.3) is 0 Å². The fraction of sp³-hybridized carbons (Fsp3) is 0.450. The van der Waals surface area contributed by atoms with Gasteiger partial charge in [-0.1, -0.05) is 0 Å². The molecule has 2 aliphatic heterocycles. The maximum atomic E-state index is 13.1. The molecule has 0 radical (unpaired) electrons. The molecule has 1 unspecified atom stereocenters. The topological polar surface area (TPSA) is 121 Å². The zero-order valence-electron chi connectivity index (χ0n) is 17.7. The summed E-state index contributed by atoms with van der Waals surface area (Å²) in [6.07, 6.45) is 0.969. The lowest BCUT2D eigenvalue weighted by Crippen LogP contribution is -2.50. The molecule has 0 bridgehead atoms. The monoisotopic (exact) mass is 497 g/mol. The molecule has 1 aromatic carbocycles. The number of carbonyl (C=O) groups is 2. The minimum Gasteiger partial charge on any atom is -0.378 e. The number of anilines is 1. The van der Waals surface area contributed by atoms with Gasteiger partial charge in [-0.05, 0) is 37.1 Å². The molecule has 0 aliphatic carbocycles. The van der Waals surface area contributed by atoms with Crippen LogP contribution in [-0.2, 0) is 19.6 Å². The van der Waals surface area contributed by atoms with Crippen LogP contribution < -0.4 is 15.8 Å². The number of rotatable bonds is 5. The summed E-state index contributed by atoms with van der Waals surface area (Å²) in [6.45, 7) is 2.84. The number of amides is 2. The zero-order chi connectivity index (χ0) is 23.4. The number of morpholine rings is 1. The van der Waals surface area contributed by atoms with Crippen molar-refractivity contribution in [2.45, 2.75) is 17.7 Å². The van der Waals surface area contributed by atoms with Gasteiger partial charge in [0.15, 0.2) is 5.13 Å². The summed E-state index contributed by atoms with van der Waals surface area (Å²) >= 11 is 1.34. The van der Waals surface area contributed by atoms with Crippen molar-refractivity contribution in [1.29, 1.82) is 0 Å². The van der Waals surface area contributed by atoms with E-state index in [-0.39, 0.29) is 23.7 Å². The van der Waals surface area contributed by atoms with Crippen molar-refractivity contribution < 1.29 is 27.1 Å². The molecule has 178 valence electrons.